The molecule has 0 spiro atoms. The topological polar surface area (TPSA) is 44.1 Å². The summed E-state index contributed by atoms with van der Waals surface area (Å²) in [6, 6.07) is 8.75. The van der Waals surface area contributed by atoms with Crippen molar-refractivity contribution in [1.29, 1.82) is 0 Å². The summed E-state index contributed by atoms with van der Waals surface area (Å²) in [6.45, 7) is 4.40. The van der Waals surface area contributed by atoms with Gasteiger partial charge in [0.1, 0.15) is 6.10 Å². The maximum absolute atomic E-state index is 12.1. The van der Waals surface area contributed by atoms with Gasteiger partial charge < -0.3 is 4.74 Å². The second-order valence-corrected chi connectivity index (χ2v) is 7.34. The van der Waals surface area contributed by atoms with Crippen molar-refractivity contribution >= 4 is 11.6 Å². The number of nitrogens with zero attached hydrogens (tertiary/aromatic N) is 2. The highest BCUT2D eigenvalue weighted by atomic mass is 35.5. The quantitative estimate of drug-likeness (QED) is 0.671. The fourth-order valence-corrected chi connectivity index (χ4v) is 3.91. The summed E-state index contributed by atoms with van der Waals surface area (Å²) in [5.41, 5.74) is 2.21. The summed E-state index contributed by atoms with van der Waals surface area (Å²) in [6.07, 6.45) is 8.80. The molecule has 0 saturated heterocycles. The van der Waals surface area contributed by atoms with E-state index in [4.69, 9.17) is 16.3 Å². The van der Waals surface area contributed by atoms with Crippen molar-refractivity contribution in [3.05, 3.63) is 57.0 Å². The lowest BCUT2D eigenvalue weighted by molar-refractivity contribution is 0.199. The third kappa shape index (κ3) is 4.12. The third-order valence-corrected chi connectivity index (χ3v) is 5.63. The third-order valence-electron chi connectivity index (χ3n) is 5.28. The van der Waals surface area contributed by atoms with Crippen LogP contribution in [0.4, 0.5) is 0 Å². The molecule has 140 valence electrons. The molecule has 3 rings (SSSR count). The van der Waals surface area contributed by atoms with Gasteiger partial charge in [-0.25, -0.2) is 4.68 Å². The van der Waals surface area contributed by atoms with E-state index in [-0.39, 0.29) is 16.7 Å². The maximum atomic E-state index is 12.1. The van der Waals surface area contributed by atoms with Crippen LogP contribution in [0.25, 0.3) is 0 Å². The number of aromatic nitrogens is 2. The van der Waals surface area contributed by atoms with Crippen LogP contribution in [-0.2, 0) is 6.54 Å². The highest BCUT2D eigenvalue weighted by Gasteiger charge is 2.18. The summed E-state index contributed by atoms with van der Waals surface area (Å²) in [5, 5.41) is 4.20. The molecule has 1 saturated carbocycles. The molecule has 1 heterocycles. The van der Waals surface area contributed by atoms with E-state index in [2.05, 4.69) is 36.3 Å². The van der Waals surface area contributed by atoms with Gasteiger partial charge in [-0.1, -0.05) is 62.1 Å². The average Bonchev–Trinajstić information content (AvgIpc) is 2.70. The predicted octanol–water partition coefficient (Wildman–Crippen LogP) is 5.49. The van der Waals surface area contributed by atoms with Crippen LogP contribution in [0.5, 0.6) is 5.75 Å². The molecule has 1 aliphatic rings. The van der Waals surface area contributed by atoms with E-state index in [0.717, 1.165) is 12.0 Å². The van der Waals surface area contributed by atoms with E-state index in [1.165, 1.54) is 48.5 Å². The molecular weight excluding hydrogens is 348 g/mol. The highest BCUT2D eigenvalue weighted by molar-refractivity contribution is 6.31. The zero-order valence-electron chi connectivity index (χ0n) is 15.6. The number of halogens is 1. The molecule has 1 fully saturated rings. The Kier molecular flexibility index (Phi) is 6.36. The van der Waals surface area contributed by atoms with E-state index in [1.807, 2.05) is 6.92 Å². The maximum Gasteiger partial charge on any atom is 0.289 e. The first-order valence-corrected chi connectivity index (χ1v) is 10.0. The molecule has 0 radical (unpaired) electrons. The van der Waals surface area contributed by atoms with Gasteiger partial charge in [0.25, 0.3) is 5.56 Å². The second-order valence-electron chi connectivity index (χ2n) is 6.96. The van der Waals surface area contributed by atoms with Gasteiger partial charge in [0.15, 0.2) is 10.8 Å². The lowest BCUT2D eigenvalue weighted by Gasteiger charge is -2.23. The number of hydrogen-bond acceptors (Lipinski definition) is 3. The molecule has 5 heteroatoms. The Morgan fingerprint density at radius 2 is 1.88 bits per heavy atom. The molecule has 1 aromatic heterocycles. The minimum atomic E-state index is -0.311. The molecule has 0 aliphatic heterocycles. The monoisotopic (exact) mass is 374 g/mol. The Balaban J connectivity index is 1.76. The fourth-order valence-electron chi connectivity index (χ4n) is 3.72. The van der Waals surface area contributed by atoms with Crippen LogP contribution in [0.1, 0.15) is 75.5 Å². The van der Waals surface area contributed by atoms with E-state index in [1.54, 1.807) is 0 Å². The van der Waals surface area contributed by atoms with Crippen molar-refractivity contribution in [2.75, 3.05) is 0 Å². The molecule has 1 unspecified atom stereocenters. The zero-order valence-corrected chi connectivity index (χ0v) is 16.3. The Morgan fingerprint density at radius 1 is 1.19 bits per heavy atom. The van der Waals surface area contributed by atoms with Gasteiger partial charge in [-0.2, -0.15) is 5.10 Å². The molecule has 0 bridgehead atoms. The molecule has 0 N–H and O–H groups in total. The van der Waals surface area contributed by atoms with Crippen LogP contribution in [-0.4, -0.2) is 9.78 Å². The first kappa shape index (κ1) is 19.0. The molecule has 1 atom stereocenters. The second kappa shape index (κ2) is 8.72. The summed E-state index contributed by atoms with van der Waals surface area (Å²) in [7, 11) is 0. The fraction of sp³-hybridized carbons (Fsp3) is 0.524. The van der Waals surface area contributed by atoms with Crippen molar-refractivity contribution in [3.63, 3.8) is 0 Å². The van der Waals surface area contributed by atoms with Gasteiger partial charge in [0.05, 0.1) is 6.20 Å². The number of hydrogen-bond donors (Lipinski definition) is 0. The van der Waals surface area contributed by atoms with Gasteiger partial charge in [-0.3, -0.25) is 4.79 Å². The number of ether oxygens (including phenoxy) is 1. The Hall–Kier alpha value is -1.81. The Labute approximate surface area is 160 Å². The van der Waals surface area contributed by atoms with E-state index >= 15 is 0 Å². The van der Waals surface area contributed by atoms with Crippen molar-refractivity contribution in [2.24, 2.45) is 0 Å². The van der Waals surface area contributed by atoms with E-state index in [0.29, 0.717) is 18.2 Å². The minimum Gasteiger partial charge on any atom is -0.482 e. The SMILES string of the molecule is CCC(Oc1cnn(CC)c(=O)c1Cl)c1ccc(C2CCCCC2)cc1. The molecule has 4 nitrogen and oxygen atoms in total. The highest BCUT2D eigenvalue weighted by Crippen LogP contribution is 2.34. The zero-order chi connectivity index (χ0) is 18.5. The van der Waals surface area contributed by atoms with Crippen molar-refractivity contribution in [1.82, 2.24) is 9.78 Å². The smallest absolute Gasteiger partial charge is 0.289 e. The van der Waals surface area contributed by atoms with Crippen LogP contribution in [0.2, 0.25) is 5.02 Å². The van der Waals surface area contributed by atoms with Crippen molar-refractivity contribution in [3.8, 4) is 5.75 Å². The number of rotatable bonds is 6. The van der Waals surface area contributed by atoms with E-state index in [9.17, 15) is 4.79 Å². The number of benzene rings is 1. The van der Waals surface area contributed by atoms with E-state index < -0.39 is 0 Å². The van der Waals surface area contributed by atoms with Gasteiger partial charge in [-0.15, -0.1) is 0 Å². The Morgan fingerprint density at radius 3 is 2.50 bits per heavy atom. The predicted molar refractivity (Wildman–Crippen MR) is 105 cm³/mol. The lowest BCUT2D eigenvalue weighted by atomic mass is 9.84. The summed E-state index contributed by atoms with van der Waals surface area (Å²) < 4.78 is 7.37. The van der Waals surface area contributed by atoms with Crippen molar-refractivity contribution in [2.45, 2.75) is 70.9 Å². The molecule has 1 aliphatic carbocycles. The lowest BCUT2D eigenvalue weighted by Crippen LogP contribution is -2.23. The molecule has 2 aromatic rings. The Bertz CT molecular complexity index is 780. The van der Waals surface area contributed by atoms with Gasteiger partial charge >= 0.3 is 0 Å². The molecular formula is C21H27ClN2O2. The summed E-state index contributed by atoms with van der Waals surface area (Å²) >= 11 is 6.19. The number of aryl methyl sites for hydroxylation is 1. The standard InChI is InChI=1S/C21H27ClN2O2/c1-3-18(26-19-14-23-24(4-2)21(25)20(19)22)17-12-10-16(11-13-17)15-8-6-5-7-9-15/h10-15,18H,3-9H2,1-2H3. The van der Waals surface area contributed by atoms with Crippen LogP contribution in [0.3, 0.4) is 0 Å². The van der Waals surface area contributed by atoms with Crippen LogP contribution in [0.15, 0.2) is 35.3 Å². The van der Waals surface area contributed by atoms with Crippen LogP contribution < -0.4 is 10.3 Å². The van der Waals surface area contributed by atoms with Crippen molar-refractivity contribution < 1.29 is 4.74 Å². The van der Waals surface area contributed by atoms with Gasteiger partial charge in [0.2, 0.25) is 0 Å². The normalized spacial score (nSPS) is 16.4. The van der Waals surface area contributed by atoms with Gasteiger partial charge in [0, 0.05) is 6.54 Å². The summed E-state index contributed by atoms with van der Waals surface area (Å²) in [4.78, 5) is 12.1. The first-order valence-electron chi connectivity index (χ1n) is 9.66. The van der Waals surface area contributed by atoms with Gasteiger partial charge in [-0.05, 0) is 43.2 Å². The summed E-state index contributed by atoms with van der Waals surface area (Å²) in [5.74, 6) is 1.05. The molecule has 26 heavy (non-hydrogen) atoms. The average molecular weight is 375 g/mol. The molecule has 1 aromatic carbocycles. The first-order chi connectivity index (χ1) is 12.6. The largest absolute Gasteiger partial charge is 0.482 e. The minimum absolute atomic E-state index is 0.0964. The molecule has 0 amide bonds. The van der Waals surface area contributed by atoms with Crippen LogP contribution in [0, 0.1) is 0 Å². The van der Waals surface area contributed by atoms with Crippen LogP contribution >= 0.6 is 11.6 Å².